The maximum absolute atomic E-state index is 12.6. The van der Waals surface area contributed by atoms with Crippen LogP contribution >= 0.6 is 0 Å². The van der Waals surface area contributed by atoms with Gasteiger partial charge in [-0.25, -0.2) is 9.78 Å². The van der Waals surface area contributed by atoms with E-state index in [1.165, 1.54) is 7.11 Å². The number of pyridine rings is 1. The Morgan fingerprint density at radius 1 is 1.42 bits per heavy atom. The molecule has 1 saturated carbocycles. The second-order valence-corrected chi connectivity index (χ2v) is 8.05. The number of urea groups is 1. The Balaban J connectivity index is 1.26. The topological polar surface area (TPSA) is 136 Å². The number of nitriles is 1. The molecule has 5 rings (SSSR count). The van der Waals surface area contributed by atoms with Crippen molar-refractivity contribution in [3.63, 3.8) is 0 Å². The van der Waals surface area contributed by atoms with Gasteiger partial charge in [-0.15, -0.1) is 4.98 Å². The van der Waals surface area contributed by atoms with Crippen molar-refractivity contribution in [2.45, 2.75) is 18.9 Å². The molecule has 2 unspecified atom stereocenters. The molecule has 2 amide bonds. The third kappa shape index (κ3) is 3.30. The molecule has 2 atom stereocenters. The molecule has 160 valence electrons. The van der Waals surface area contributed by atoms with Gasteiger partial charge >= 0.3 is 18.1 Å². The summed E-state index contributed by atoms with van der Waals surface area (Å²) in [6.45, 7) is 1.35. The van der Waals surface area contributed by atoms with Crippen molar-refractivity contribution < 1.29 is 14.1 Å². The van der Waals surface area contributed by atoms with E-state index in [1.807, 2.05) is 19.3 Å². The number of aromatic nitrogens is 4. The van der Waals surface area contributed by atoms with E-state index in [2.05, 4.69) is 36.4 Å². The first-order valence-corrected chi connectivity index (χ1v) is 10.1. The standard InChI is InChI=1S/C20H22N8O3/c1-27(16-13(7-21)8-23-17-15(16)3-4-22-17)14-5-11-9-28(10-12(11)6-14)20(29)25-18-24-19(30-2)26-31-18/h3-4,8,11-12,14H,5-6,9-10H2,1-2H3,(H,22,23)(H,24,25,26,29). The van der Waals surface area contributed by atoms with Crippen molar-refractivity contribution in [2.24, 2.45) is 11.8 Å². The average molecular weight is 422 g/mol. The van der Waals surface area contributed by atoms with E-state index in [9.17, 15) is 10.1 Å². The fourth-order valence-electron chi connectivity index (χ4n) is 4.90. The Kier molecular flexibility index (Phi) is 4.62. The van der Waals surface area contributed by atoms with Crippen LogP contribution in [0.2, 0.25) is 0 Å². The summed E-state index contributed by atoms with van der Waals surface area (Å²) < 4.78 is 9.80. The van der Waals surface area contributed by atoms with Crippen molar-refractivity contribution in [2.75, 3.05) is 37.5 Å². The fraction of sp³-hybridized carbons (Fsp3) is 0.450. The maximum atomic E-state index is 12.6. The Bertz CT molecular complexity index is 1150. The Morgan fingerprint density at radius 2 is 2.19 bits per heavy atom. The molecule has 0 spiro atoms. The van der Waals surface area contributed by atoms with Crippen LogP contribution in [0.1, 0.15) is 18.4 Å². The van der Waals surface area contributed by atoms with E-state index in [0.29, 0.717) is 36.5 Å². The fourth-order valence-corrected chi connectivity index (χ4v) is 4.90. The van der Waals surface area contributed by atoms with Crippen LogP contribution in [0.25, 0.3) is 11.0 Å². The van der Waals surface area contributed by atoms with Crippen molar-refractivity contribution in [1.82, 2.24) is 25.0 Å². The van der Waals surface area contributed by atoms with Crippen LogP contribution in [0.5, 0.6) is 6.01 Å². The van der Waals surface area contributed by atoms with E-state index < -0.39 is 0 Å². The van der Waals surface area contributed by atoms with Crippen molar-refractivity contribution >= 4 is 28.8 Å². The molecular weight excluding hydrogens is 400 g/mol. The number of H-pyrrole nitrogens is 1. The first-order valence-electron chi connectivity index (χ1n) is 10.1. The number of anilines is 2. The maximum Gasteiger partial charge on any atom is 0.355 e. The highest BCUT2D eigenvalue weighted by atomic mass is 16.5. The summed E-state index contributed by atoms with van der Waals surface area (Å²) in [6.07, 6.45) is 5.38. The van der Waals surface area contributed by atoms with Gasteiger partial charge in [0.25, 0.3) is 0 Å². The molecular formula is C20H22N8O3. The van der Waals surface area contributed by atoms with Gasteiger partial charge in [0.2, 0.25) is 0 Å². The number of hydrogen-bond acceptors (Lipinski definition) is 8. The second kappa shape index (κ2) is 7.46. The molecule has 2 fully saturated rings. The minimum Gasteiger partial charge on any atom is -0.465 e. The van der Waals surface area contributed by atoms with Crippen molar-refractivity contribution in [3.05, 3.63) is 24.0 Å². The lowest BCUT2D eigenvalue weighted by Gasteiger charge is -2.29. The van der Waals surface area contributed by atoms with Crippen LogP contribution in [0, 0.1) is 23.2 Å². The normalized spacial score (nSPS) is 22.4. The number of likely N-dealkylation sites (tertiary alicyclic amines) is 1. The Hall–Kier alpha value is -3.81. The molecule has 0 aromatic carbocycles. The lowest BCUT2D eigenvalue weighted by molar-refractivity contribution is 0.217. The average Bonchev–Trinajstić information content (AvgIpc) is 3.54. The third-order valence-corrected chi connectivity index (χ3v) is 6.40. The lowest BCUT2D eigenvalue weighted by atomic mass is 10.0. The van der Waals surface area contributed by atoms with Gasteiger partial charge in [-0.2, -0.15) is 5.26 Å². The third-order valence-electron chi connectivity index (χ3n) is 6.40. The second-order valence-electron chi connectivity index (χ2n) is 8.05. The summed E-state index contributed by atoms with van der Waals surface area (Å²) in [6, 6.07) is 4.38. The zero-order chi connectivity index (χ0) is 21.5. The molecule has 1 aliphatic heterocycles. The van der Waals surface area contributed by atoms with E-state index in [0.717, 1.165) is 29.6 Å². The number of carbonyl (C=O) groups is 1. The number of aromatic amines is 1. The summed E-state index contributed by atoms with van der Waals surface area (Å²) >= 11 is 0. The number of amides is 2. The van der Waals surface area contributed by atoms with Crippen LogP contribution in [-0.4, -0.2) is 64.3 Å². The van der Waals surface area contributed by atoms with Gasteiger partial charge in [0.15, 0.2) is 0 Å². The van der Waals surface area contributed by atoms with Gasteiger partial charge in [0.05, 0.1) is 18.4 Å². The molecule has 2 N–H and O–H groups in total. The number of methoxy groups -OCH3 is 1. The summed E-state index contributed by atoms with van der Waals surface area (Å²) in [7, 11) is 3.47. The SMILES string of the molecule is COc1noc(NC(=O)N2CC3CC(N(C)c4c(C#N)cnc5[nH]ccc45)CC3C2)n1. The zero-order valence-electron chi connectivity index (χ0n) is 17.2. The van der Waals surface area contributed by atoms with E-state index in [-0.39, 0.29) is 18.1 Å². The monoisotopic (exact) mass is 422 g/mol. The first-order chi connectivity index (χ1) is 15.1. The van der Waals surface area contributed by atoms with Gasteiger partial charge in [-0.05, 0) is 35.9 Å². The number of ether oxygens (including phenoxy) is 1. The van der Waals surface area contributed by atoms with Crippen molar-refractivity contribution in [3.8, 4) is 12.1 Å². The molecule has 1 aliphatic carbocycles. The molecule has 0 radical (unpaired) electrons. The van der Waals surface area contributed by atoms with Crippen LogP contribution < -0.4 is 15.0 Å². The smallest absolute Gasteiger partial charge is 0.355 e. The minimum absolute atomic E-state index is 0.0220. The number of nitrogens with one attached hydrogen (secondary N) is 2. The summed E-state index contributed by atoms with van der Waals surface area (Å²) in [5, 5.41) is 16.8. The number of fused-ring (bicyclic) bond motifs is 2. The van der Waals surface area contributed by atoms with Crippen molar-refractivity contribution in [1.29, 1.82) is 5.26 Å². The molecule has 31 heavy (non-hydrogen) atoms. The largest absolute Gasteiger partial charge is 0.465 e. The molecule has 4 heterocycles. The molecule has 2 aliphatic rings. The van der Waals surface area contributed by atoms with Gasteiger partial charge < -0.3 is 24.0 Å². The lowest BCUT2D eigenvalue weighted by Crippen LogP contribution is -2.36. The van der Waals surface area contributed by atoms with Crippen LogP contribution in [0.15, 0.2) is 23.0 Å². The molecule has 0 bridgehead atoms. The number of nitrogens with zero attached hydrogens (tertiary/aromatic N) is 6. The molecule has 11 heteroatoms. The Labute approximate surface area is 178 Å². The first kappa shape index (κ1) is 19.2. The molecule has 3 aromatic heterocycles. The van der Waals surface area contributed by atoms with E-state index in [1.54, 1.807) is 11.1 Å². The number of hydrogen-bond donors (Lipinski definition) is 2. The van der Waals surface area contributed by atoms with Gasteiger partial charge in [-0.1, -0.05) is 0 Å². The molecule has 3 aromatic rings. The highest BCUT2D eigenvalue weighted by molar-refractivity contribution is 5.93. The van der Waals surface area contributed by atoms with Gasteiger partial charge in [-0.3, -0.25) is 5.32 Å². The van der Waals surface area contributed by atoms with Gasteiger partial charge in [0.1, 0.15) is 11.7 Å². The predicted octanol–water partition coefficient (Wildman–Crippen LogP) is 2.20. The summed E-state index contributed by atoms with van der Waals surface area (Å²) in [5.74, 6) is 0.814. The van der Waals surface area contributed by atoms with Crippen LogP contribution in [0.3, 0.4) is 0 Å². The van der Waals surface area contributed by atoms with Crippen LogP contribution in [0.4, 0.5) is 16.5 Å². The quantitative estimate of drug-likeness (QED) is 0.653. The van der Waals surface area contributed by atoms with E-state index >= 15 is 0 Å². The van der Waals surface area contributed by atoms with Gasteiger partial charge in [0, 0.05) is 44.0 Å². The Morgan fingerprint density at radius 3 is 2.87 bits per heavy atom. The number of carbonyl (C=O) groups excluding carboxylic acids is 1. The highest BCUT2D eigenvalue weighted by Gasteiger charge is 2.44. The zero-order valence-corrected chi connectivity index (χ0v) is 17.2. The summed E-state index contributed by atoms with van der Waals surface area (Å²) in [5.41, 5.74) is 2.26. The number of rotatable bonds is 4. The van der Waals surface area contributed by atoms with E-state index in [4.69, 9.17) is 9.26 Å². The molecule has 11 nitrogen and oxygen atoms in total. The highest BCUT2D eigenvalue weighted by Crippen LogP contribution is 2.42. The predicted molar refractivity (Wildman–Crippen MR) is 111 cm³/mol. The van der Waals surface area contributed by atoms with Crippen LogP contribution in [-0.2, 0) is 0 Å². The minimum atomic E-state index is -0.250. The molecule has 1 saturated heterocycles. The summed E-state index contributed by atoms with van der Waals surface area (Å²) in [4.78, 5) is 27.9.